The summed E-state index contributed by atoms with van der Waals surface area (Å²) in [5.41, 5.74) is 0. The van der Waals surface area contributed by atoms with Crippen molar-refractivity contribution >= 4 is 11.9 Å². The topological polar surface area (TPSA) is 61.8 Å². The van der Waals surface area contributed by atoms with Crippen LogP contribution in [0, 0.1) is 0 Å². The minimum Gasteiger partial charge on any atom is -0.462 e. The molecule has 0 saturated carbocycles. The lowest BCUT2D eigenvalue weighted by Gasteiger charge is -2.18. The molecule has 0 aromatic rings. The summed E-state index contributed by atoms with van der Waals surface area (Å²) in [6.45, 7) is 7.74. The molecule has 46 heavy (non-hydrogen) atoms. The number of esters is 2. The number of allylic oxidation sites excluding steroid dienone is 4. The smallest absolute Gasteiger partial charge is 0.306 e. The molecule has 5 nitrogen and oxygen atoms in total. The molecule has 0 heterocycles. The van der Waals surface area contributed by atoms with Crippen LogP contribution >= 0.6 is 0 Å². The molecule has 0 spiro atoms. The summed E-state index contributed by atoms with van der Waals surface area (Å²) in [4.78, 5) is 24.9. The van der Waals surface area contributed by atoms with Gasteiger partial charge in [-0.25, -0.2) is 0 Å². The number of hydrogen-bond donors (Lipinski definition) is 0. The average molecular weight is 649 g/mol. The second-order valence-electron chi connectivity index (χ2n) is 13.2. The van der Waals surface area contributed by atoms with Crippen molar-refractivity contribution in [2.24, 2.45) is 0 Å². The van der Waals surface area contributed by atoms with Crippen LogP contribution in [0.3, 0.4) is 0 Å². The normalized spacial score (nSPS) is 12.3. The zero-order valence-electron chi connectivity index (χ0n) is 30.8. The van der Waals surface area contributed by atoms with Crippen LogP contribution in [-0.4, -0.2) is 37.9 Å². The SMILES string of the molecule is CCCCC/C=C\C/C=C\CCCCCCCC(=O)OCC(COCCCCCCCCCC)OC(=O)CCCCCCCCC. The Morgan fingerprint density at radius 2 is 0.913 bits per heavy atom. The van der Waals surface area contributed by atoms with E-state index in [0.717, 1.165) is 57.8 Å². The summed E-state index contributed by atoms with van der Waals surface area (Å²) in [6.07, 6.45) is 40.3. The lowest BCUT2D eigenvalue weighted by atomic mass is 10.1. The van der Waals surface area contributed by atoms with Gasteiger partial charge in [0.2, 0.25) is 0 Å². The first-order valence-corrected chi connectivity index (χ1v) is 19.9. The van der Waals surface area contributed by atoms with E-state index in [1.165, 1.54) is 109 Å². The van der Waals surface area contributed by atoms with Crippen molar-refractivity contribution in [1.29, 1.82) is 0 Å². The molecule has 0 radical (unpaired) electrons. The van der Waals surface area contributed by atoms with E-state index in [9.17, 15) is 9.59 Å². The molecule has 0 bridgehead atoms. The second-order valence-corrected chi connectivity index (χ2v) is 13.2. The summed E-state index contributed by atoms with van der Waals surface area (Å²) < 4.78 is 17.1. The molecule has 0 rings (SSSR count). The van der Waals surface area contributed by atoms with Crippen molar-refractivity contribution in [3.05, 3.63) is 24.3 Å². The molecule has 5 heteroatoms. The predicted octanol–water partition coefficient (Wildman–Crippen LogP) is 12.6. The number of hydrogen-bond acceptors (Lipinski definition) is 5. The standard InChI is InChI=1S/C41H76O5/c1-4-7-10-13-16-18-19-20-21-22-23-24-26-28-31-34-40(42)45-38-39(37-44-36-33-30-27-17-14-11-8-5-2)46-41(43)35-32-29-25-15-12-9-6-3/h16,18,20-21,39H,4-15,17,19,22-38H2,1-3H3/b18-16-,21-20-. The van der Waals surface area contributed by atoms with Crippen molar-refractivity contribution < 1.29 is 23.8 Å². The van der Waals surface area contributed by atoms with Gasteiger partial charge in [-0.1, -0.05) is 161 Å². The zero-order chi connectivity index (χ0) is 33.6. The summed E-state index contributed by atoms with van der Waals surface area (Å²) in [6, 6.07) is 0. The van der Waals surface area contributed by atoms with E-state index < -0.39 is 6.10 Å². The van der Waals surface area contributed by atoms with Crippen LogP contribution in [0.4, 0.5) is 0 Å². The van der Waals surface area contributed by atoms with Gasteiger partial charge in [0.15, 0.2) is 6.10 Å². The fraction of sp³-hybridized carbons (Fsp3) is 0.854. The Morgan fingerprint density at radius 1 is 0.478 bits per heavy atom. The molecule has 0 N–H and O–H groups in total. The lowest BCUT2D eigenvalue weighted by molar-refractivity contribution is -0.163. The first-order valence-electron chi connectivity index (χ1n) is 19.9. The average Bonchev–Trinajstić information content (AvgIpc) is 3.05. The maximum Gasteiger partial charge on any atom is 0.306 e. The van der Waals surface area contributed by atoms with Gasteiger partial charge in [0.25, 0.3) is 0 Å². The number of ether oxygens (including phenoxy) is 3. The Bertz CT molecular complexity index is 701. The predicted molar refractivity (Wildman–Crippen MR) is 196 cm³/mol. The molecule has 0 aromatic carbocycles. The van der Waals surface area contributed by atoms with E-state index in [1.807, 2.05) is 0 Å². The Kier molecular flexibility index (Phi) is 36.5. The molecule has 0 amide bonds. The summed E-state index contributed by atoms with van der Waals surface area (Å²) in [5.74, 6) is -0.416. The van der Waals surface area contributed by atoms with Crippen molar-refractivity contribution in [2.75, 3.05) is 19.8 Å². The molecule has 0 aliphatic carbocycles. The molecular weight excluding hydrogens is 572 g/mol. The molecule has 270 valence electrons. The van der Waals surface area contributed by atoms with Gasteiger partial charge < -0.3 is 14.2 Å². The molecule has 0 aromatic heterocycles. The minimum absolute atomic E-state index is 0.0826. The molecule has 1 unspecified atom stereocenters. The van der Waals surface area contributed by atoms with Gasteiger partial charge in [-0.15, -0.1) is 0 Å². The van der Waals surface area contributed by atoms with Crippen molar-refractivity contribution in [3.8, 4) is 0 Å². The molecule has 0 saturated heterocycles. The Balaban J connectivity index is 4.15. The van der Waals surface area contributed by atoms with Crippen LogP contribution in [0.15, 0.2) is 24.3 Å². The van der Waals surface area contributed by atoms with Crippen molar-refractivity contribution in [1.82, 2.24) is 0 Å². The second kappa shape index (κ2) is 37.8. The van der Waals surface area contributed by atoms with Crippen LogP contribution < -0.4 is 0 Å². The highest BCUT2D eigenvalue weighted by Gasteiger charge is 2.17. The van der Waals surface area contributed by atoms with Gasteiger partial charge >= 0.3 is 11.9 Å². The molecule has 1 atom stereocenters. The van der Waals surface area contributed by atoms with Crippen molar-refractivity contribution in [3.63, 3.8) is 0 Å². The van der Waals surface area contributed by atoms with Gasteiger partial charge in [-0.05, 0) is 51.4 Å². The van der Waals surface area contributed by atoms with Gasteiger partial charge in [0.1, 0.15) is 6.61 Å². The largest absolute Gasteiger partial charge is 0.462 e. The number of carbonyl (C=O) groups is 2. The minimum atomic E-state index is -0.528. The van der Waals surface area contributed by atoms with Gasteiger partial charge in [0.05, 0.1) is 6.61 Å². The van der Waals surface area contributed by atoms with Crippen LogP contribution in [0.5, 0.6) is 0 Å². The summed E-state index contributed by atoms with van der Waals surface area (Å²) >= 11 is 0. The third-order valence-corrected chi connectivity index (χ3v) is 8.49. The van der Waals surface area contributed by atoms with E-state index in [4.69, 9.17) is 14.2 Å². The highest BCUT2D eigenvalue weighted by Crippen LogP contribution is 2.12. The number of rotatable bonds is 36. The van der Waals surface area contributed by atoms with E-state index in [2.05, 4.69) is 45.1 Å². The molecule has 0 fully saturated rings. The van der Waals surface area contributed by atoms with Gasteiger partial charge in [-0.2, -0.15) is 0 Å². The Hall–Kier alpha value is -1.62. The van der Waals surface area contributed by atoms with Gasteiger partial charge in [-0.3, -0.25) is 9.59 Å². The van der Waals surface area contributed by atoms with Crippen LogP contribution in [0.1, 0.15) is 201 Å². The third kappa shape index (κ3) is 35.2. The van der Waals surface area contributed by atoms with Crippen molar-refractivity contribution in [2.45, 2.75) is 207 Å². The van der Waals surface area contributed by atoms with Gasteiger partial charge in [0, 0.05) is 19.4 Å². The first kappa shape index (κ1) is 44.4. The number of unbranched alkanes of at least 4 members (excludes halogenated alkanes) is 21. The monoisotopic (exact) mass is 649 g/mol. The molecule has 0 aliphatic heterocycles. The lowest BCUT2D eigenvalue weighted by Crippen LogP contribution is -2.30. The van der Waals surface area contributed by atoms with Crippen LogP contribution in [-0.2, 0) is 23.8 Å². The molecule has 0 aliphatic rings. The first-order chi connectivity index (χ1) is 22.6. The fourth-order valence-electron chi connectivity index (χ4n) is 5.48. The maximum atomic E-state index is 12.5. The van der Waals surface area contributed by atoms with E-state index >= 15 is 0 Å². The van der Waals surface area contributed by atoms with Crippen LogP contribution in [0.25, 0.3) is 0 Å². The van der Waals surface area contributed by atoms with E-state index in [1.54, 1.807) is 0 Å². The maximum absolute atomic E-state index is 12.5. The van der Waals surface area contributed by atoms with E-state index in [0.29, 0.717) is 19.4 Å². The zero-order valence-corrected chi connectivity index (χ0v) is 30.8. The third-order valence-electron chi connectivity index (χ3n) is 8.49. The highest BCUT2D eigenvalue weighted by atomic mass is 16.6. The molecular formula is C41H76O5. The summed E-state index contributed by atoms with van der Waals surface area (Å²) in [5, 5.41) is 0. The Labute approximate surface area is 286 Å². The highest BCUT2D eigenvalue weighted by molar-refractivity contribution is 5.70. The summed E-state index contributed by atoms with van der Waals surface area (Å²) in [7, 11) is 0. The van der Waals surface area contributed by atoms with Crippen LogP contribution in [0.2, 0.25) is 0 Å². The number of carbonyl (C=O) groups excluding carboxylic acids is 2. The van der Waals surface area contributed by atoms with E-state index in [-0.39, 0.29) is 25.2 Å². The fourth-order valence-corrected chi connectivity index (χ4v) is 5.48. The quantitative estimate of drug-likeness (QED) is 0.0384. The Morgan fingerprint density at radius 3 is 1.48 bits per heavy atom.